The second-order valence-corrected chi connectivity index (χ2v) is 4.08. The standard InChI is InChI=1S/C12H16N2O3/c1-9(16)12-3-2-10(6-13-12)14-4-5-17-11(7-14)8-15/h2-3,6,11,15H,4-5,7-8H2,1H3. The lowest BCUT2D eigenvalue weighted by Gasteiger charge is -2.33. The van der Waals surface area contributed by atoms with Crippen LogP contribution in [0, 0.1) is 0 Å². The smallest absolute Gasteiger partial charge is 0.178 e. The Morgan fingerprint density at radius 3 is 3.06 bits per heavy atom. The van der Waals surface area contributed by atoms with Gasteiger partial charge in [0.15, 0.2) is 5.78 Å². The predicted octanol–water partition coefficient (Wildman–Crippen LogP) is 0.482. The quantitative estimate of drug-likeness (QED) is 0.773. The number of anilines is 1. The van der Waals surface area contributed by atoms with Crippen molar-refractivity contribution < 1.29 is 14.6 Å². The van der Waals surface area contributed by atoms with Gasteiger partial charge in [0.1, 0.15) is 5.69 Å². The Kier molecular flexibility index (Phi) is 3.71. The van der Waals surface area contributed by atoms with E-state index < -0.39 is 0 Å². The molecule has 5 heteroatoms. The van der Waals surface area contributed by atoms with E-state index in [0.29, 0.717) is 18.8 Å². The molecule has 2 rings (SSSR count). The van der Waals surface area contributed by atoms with Gasteiger partial charge in [0.25, 0.3) is 0 Å². The molecule has 1 unspecified atom stereocenters. The molecule has 1 atom stereocenters. The Morgan fingerprint density at radius 1 is 1.65 bits per heavy atom. The maximum atomic E-state index is 11.1. The molecule has 1 fully saturated rings. The van der Waals surface area contributed by atoms with Crippen molar-refractivity contribution in [3.8, 4) is 0 Å². The molecule has 0 bridgehead atoms. The van der Waals surface area contributed by atoms with Crippen LogP contribution in [0.3, 0.4) is 0 Å². The molecule has 0 saturated carbocycles. The van der Waals surface area contributed by atoms with Gasteiger partial charge in [-0.15, -0.1) is 0 Å². The van der Waals surface area contributed by atoms with Crippen molar-refractivity contribution in [1.82, 2.24) is 4.98 Å². The van der Waals surface area contributed by atoms with E-state index in [1.165, 1.54) is 6.92 Å². The van der Waals surface area contributed by atoms with Crippen molar-refractivity contribution in [2.45, 2.75) is 13.0 Å². The average Bonchev–Trinajstić information content (AvgIpc) is 2.39. The summed E-state index contributed by atoms with van der Waals surface area (Å²) in [6, 6.07) is 3.60. The molecule has 1 aliphatic heterocycles. The Hall–Kier alpha value is -1.46. The Balaban J connectivity index is 2.08. The molecule has 17 heavy (non-hydrogen) atoms. The zero-order chi connectivity index (χ0) is 12.3. The molecule has 1 aromatic heterocycles. The molecule has 0 amide bonds. The number of aliphatic hydroxyl groups is 1. The summed E-state index contributed by atoms with van der Waals surface area (Å²) in [4.78, 5) is 17.3. The first-order valence-electron chi connectivity index (χ1n) is 5.65. The van der Waals surface area contributed by atoms with Gasteiger partial charge < -0.3 is 14.7 Å². The zero-order valence-electron chi connectivity index (χ0n) is 9.80. The highest BCUT2D eigenvalue weighted by Crippen LogP contribution is 2.17. The van der Waals surface area contributed by atoms with Crippen molar-refractivity contribution in [3.05, 3.63) is 24.0 Å². The monoisotopic (exact) mass is 236 g/mol. The summed E-state index contributed by atoms with van der Waals surface area (Å²) in [6.45, 7) is 3.54. The van der Waals surface area contributed by atoms with Crippen LogP contribution in [0.15, 0.2) is 18.3 Å². The molecule has 1 aliphatic rings. The number of ether oxygens (including phenoxy) is 1. The molecule has 0 aromatic carbocycles. The third-order valence-corrected chi connectivity index (χ3v) is 2.82. The van der Waals surface area contributed by atoms with Gasteiger partial charge in [-0.1, -0.05) is 0 Å². The lowest BCUT2D eigenvalue weighted by molar-refractivity contribution is 0.00355. The first-order chi connectivity index (χ1) is 8.20. The van der Waals surface area contributed by atoms with Gasteiger partial charge in [0.05, 0.1) is 31.2 Å². The molecule has 0 aliphatic carbocycles. The van der Waals surface area contributed by atoms with Crippen molar-refractivity contribution in [2.24, 2.45) is 0 Å². The minimum atomic E-state index is -0.142. The van der Waals surface area contributed by atoms with Crippen LogP contribution < -0.4 is 4.90 Å². The van der Waals surface area contributed by atoms with E-state index in [0.717, 1.165) is 12.2 Å². The van der Waals surface area contributed by atoms with Crippen LogP contribution in [0.2, 0.25) is 0 Å². The number of nitrogens with zero attached hydrogens (tertiary/aromatic N) is 2. The number of aromatic nitrogens is 1. The fraction of sp³-hybridized carbons (Fsp3) is 0.500. The van der Waals surface area contributed by atoms with Crippen LogP contribution in [-0.2, 0) is 4.74 Å². The molecule has 92 valence electrons. The summed E-state index contributed by atoms with van der Waals surface area (Å²) < 4.78 is 5.37. The normalized spacial score (nSPS) is 20.4. The number of hydrogen-bond donors (Lipinski definition) is 1. The van der Waals surface area contributed by atoms with Crippen LogP contribution in [0.25, 0.3) is 0 Å². The van der Waals surface area contributed by atoms with E-state index in [-0.39, 0.29) is 18.5 Å². The average molecular weight is 236 g/mol. The molecule has 1 saturated heterocycles. The van der Waals surface area contributed by atoms with E-state index >= 15 is 0 Å². The summed E-state index contributed by atoms with van der Waals surface area (Å²) in [5.41, 5.74) is 1.43. The highest BCUT2D eigenvalue weighted by molar-refractivity contribution is 5.92. The summed E-state index contributed by atoms with van der Waals surface area (Å²) in [5.74, 6) is -0.0354. The van der Waals surface area contributed by atoms with Crippen molar-refractivity contribution in [2.75, 3.05) is 31.2 Å². The molecule has 2 heterocycles. The van der Waals surface area contributed by atoms with Gasteiger partial charge in [-0.05, 0) is 12.1 Å². The lowest BCUT2D eigenvalue weighted by atomic mass is 10.2. The summed E-state index contributed by atoms with van der Waals surface area (Å²) in [7, 11) is 0. The van der Waals surface area contributed by atoms with Crippen molar-refractivity contribution in [3.63, 3.8) is 0 Å². The van der Waals surface area contributed by atoms with Gasteiger partial charge in [-0.2, -0.15) is 0 Å². The zero-order valence-corrected chi connectivity index (χ0v) is 9.80. The number of rotatable bonds is 3. The number of carbonyl (C=O) groups excluding carboxylic acids is 1. The second kappa shape index (κ2) is 5.25. The van der Waals surface area contributed by atoms with Crippen LogP contribution in [0.1, 0.15) is 17.4 Å². The largest absolute Gasteiger partial charge is 0.394 e. The topological polar surface area (TPSA) is 62.7 Å². The van der Waals surface area contributed by atoms with E-state index in [1.54, 1.807) is 12.3 Å². The Bertz CT molecular complexity index is 391. The number of hydrogen-bond acceptors (Lipinski definition) is 5. The lowest BCUT2D eigenvalue weighted by Crippen LogP contribution is -2.44. The second-order valence-electron chi connectivity index (χ2n) is 4.08. The van der Waals surface area contributed by atoms with Crippen LogP contribution >= 0.6 is 0 Å². The Labute approximate surface area is 100 Å². The maximum Gasteiger partial charge on any atom is 0.178 e. The van der Waals surface area contributed by atoms with Crippen LogP contribution in [-0.4, -0.2) is 48.3 Å². The summed E-state index contributed by atoms with van der Waals surface area (Å²) in [6.07, 6.45) is 1.55. The number of Topliss-reactive ketones (excluding diaryl/α,β-unsaturated/α-hetero) is 1. The number of morpholine rings is 1. The Morgan fingerprint density at radius 2 is 2.47 bits per heavy atom. The molecule has 0 radical (unpaired) electrons. The first kappa shape index (κ1) is 12.0. The van der Waals surface area contributed by atoms with E-state index in [1.807, 2.05) is 6.07 Å². The van der Waals surface area contributed by atoms with Gasteiger partial charge in [0.2, 0.25) is 0 Å². The van der Waals surface area contributed by atoms with Crippen molar-refractivity contribution in [1.29, 1.82) is 0 Å². The van der Waals surface area contributed by atoms with Gasteiger partial charge in [0, 0.05) is 20.0 Å². The number of pyridine rings is 1. The summed E-state index contributed by atoms with van der Waals surface area (Å²) >= 11 is 0. The van der Waals surface area contributed by atoms with Gasteiger partial charge >= 0.3 is 0 Å². The molecule has 5 nitrogen and oxygen atoms in total. The van der Waals surface area contributed by atoms with Gasteiger partial charge in [-0.3, -0.25) is 9.78 Å². The number of ketones is 1. The minimum Gasteiger partial charge on any atom is -0.394 e. The third kappa shape index (κ3) is 2.81. The maximum absolute atomic E-state index is 11.1. The highest BCUT2D eigenvalue weighted by atomic mass is 16.5. The molecular formula is C12H16N2O3. The fourth-order valence-corrected chi connectivity index (χ4v) is 1.85. The number of carbonyl (C=O) groups is 1. The third-order valence-electron chi connectivity index (χ3n) is 2.82. The molecule has 0 spiro atoms. The highest BCUT2D eigenvalue weighted by Gasteiger charge is 2.20. The van der Waals surface area contributed by atoms with E-state index in [4.69, 9.17) is 9.84 Å². The van der Waals surface area contributed by atoms with Crippen LogP contribution in [0.5, 0.6) is 0 Å². The first-order valence-corrected chi connectivity index (χ1v) is 5.65. The van der Waals surface area contributed by atoms with Gasteiger partial charge in [-0.25, -0.2) is 0 Å². The summed E-state index contributed by atoms with van der Waals surface area (Å²) in [5, 5.41) is 9.06. The van der Waals surface area contributed by atoms with E-state index in [2.05, 4.69) is 9.88 Å². The molecular weight excluding hydrogens is 220 g/mol. The minimum absolute atomic E-state index is 0.0233. The molecule has 1 aromatic rings. The fourth-order valence-electron chi connectivity index (χ4n) is 1.85. The predicted molar refractivity (Wildman–Crippen MR) is 63.3 cm³/mol. The van der Waals surface area contributed by atoms with Crippen LogP contribution in [0.4, 0.5) is 5.69 Å². The SMILES string of the molecule is CC(=O)c1ccc(N2CCOC(CO)C2)cn1. The molecule has 1 N–H and O–H groups in total. The van der Waals surface area contributed by atoms with Crippen molar-refractivity contribution >= 4 is 11.5 Å². The number of aliphatic hydroxyl groups excluding tert-OH is 1. The van der Waals surface area contributed by atoms with E-state index in [9.17, 15) is 4.79 Å².